The van der Waals surface area contributed by atoms with Crippen LogP contribution in [0.25, 0.3) is 0 Å². The Morgan fingerprint density at radius 1 is 1.50 bits per heavy atom. The highest BCUT2D eigenvalue weighted by Gasteiger charge is 2.29. The summed E-state index contributed by atoms with van der Waals surface area (Å²) in [6.45, 7) is 3.10. The molecule has 1 saturated heterocycles. The molecule has 22 heavy (non-hydrogen) atoms. The summed E-state index contributed by atoms with van der Waals surface area (Å²) in [5, 5.41) is 3.30. The molecule has 0 saturated carbocycles. The molecule has 2 rings (SSSR count). The first-order valence-corrected chi connectivity index (χ1v) is 8.36. The van der Waals surface area contributed by atoms with Gasteiger partial charge in [0.15, 0.2) is 0 Å². The van der Waals surface area contributed by atoms with E-state index in [1.165, 1.54) is 0 Å². The van der Waals surface area contributed by atoms with Crippen LogP contribution in [0.1, 0.15) is 19.8 Å². The van der Waals surface area contributed by atoms with Crippen LogP contribution in [0.5, 0.6) is 0 Å². The number of ether oxygens (including phenoxy) is 1. The van der Waals surface area contributed by atoms with Crippen molar-refractivity contribution in [2.24, 2.45) is 5.92 Å². The molecule has 1 aliphatic rings. The predicted molar refractivity (Wildman–Crippen MR) is 89.1 cm³/mol. The van der Waals surface area contributed by atoms with E-state index in [1.807, 2.05) is 6.07 Å². The van der Waals surface area contributed by atoms with Crippen molar-refractivity contribution in [3.05, 3.63) is 27.7 Å². The fraction of sp³-hybridized carbons (Fsp3) is 0.467. The average Bonchev–Trinajstić information content (AvgIpc) is 2.50. The standard InChI is InChI=1S/C15H18BrClN2O3/c1-2-22-15(21)19-7-3-4-10(9-19)14(20)18-13-6-5-11(16)8-12(13)17/h5-6,8,10H,2-4,7,9H2,1H3,(H,18,20)/t10-/m0/s1. The van der Waals surface area contributed by atoms with Crippen LogP contribution in [0.3, 0.4) is 0 Å². The molecule has 120 valence electrons. The van der Waals surface area contributed by atoms with Crippen LogP contribution in [0.15, 0.2) is 22.7 Å². The smallest absolute Gasteiger partial charge is 0.409 e. The molecular weight excluding hydrogens is 372 g/mol. The van der Waals surface area contributed by atoms with Crippen LogP contribution < -0.4 is 5.32 Å². The number of rotatable bonds is 3. The number of nitrogens with one attached hydrogen (secondary N) is 1. The van der Waals surface area contributed by atoms with E-state index in [1.54, 1.807) is 24.0 Å². The molecule has 1 aromatic carbocycles. The van der Waals surface area contributed by atoms with Crippen LogP contribution in [0.4, 0.5) is 10.5 Å². The molecule has 7 heteroatoms. The summed E-state index contributed by atoms with van der Waals surface area (Å²) in [5.41, 5.74) is 0.572. The van der Waals surface area contributed by atoms with Crippen LogP contribution in [-0.2, 0) is 9.53 Å². The number of likely N-dealkylation sites (tertiary alicyclic amines) is 1. The third-order valence-corrected chi connectivity index (χ3v) is 4.31. The first-order valence-electron chi connectivity index (χ1n) is 7.19. The molecule has 0 spiro atoms. The molecule has 0 bridgehead atoms. The number of carbonyl (C=O) groups is 2. The number of benzene rings is 1. The zero-order valence-electron chi connectivity index (χ0n) is 12.3. The van der Waals surface area contributed by atoms with Crippen LogP contribution >= 0.6 is 27.5 Å². The molecule has 0 aromatic heterocycles. The third kappa shape index (κ3) is 4.36. The van der Waals surface area contributed by atoms with Gasteiger partial charge in [-0.3, -0.25) is 4.79 Å². The zero-order chi connectivity index (χ0) is 16.1. The molecule has 2 amide bonds. The van der Waals surface area contributed by atoms with Crippen LogP contribution in [0.2, 0.25) is 5.02 Å². The quantitative estimate of drug-likeness (QED) is 0.852. The fourth-order valence-electron chi connectivity index (χ4n) is 2.40. The topological polar surface area (TPSA) is 58.6 Å². The normalized spacial score (nSPS) is 18.0. The fourth-order valence-corrected chi connectivity index (χ4v) is 3.12. The lowest BCUT2D eigenvalue weighted by Crippen LogP contribution is -2.44. The molecule has 0 unspecified atom stereocenters. The maximum absolute atomic E-state index is 12.4. The maximum atomic E-state index is 12.4. The molecule has 1 fully saturated rings. The highest BCUT2D eigenvalue weighted by atomic mass is 79.9. The number of halogens is 2. The molecule has 0 aliphatic carbocycles. The summed E-state index contributed by atoms with van der Waals surface area (Å²) in [6, 6.07) is 5.28. The van der Waals surface area contributed by atoms with E-state index in [-0.39, 0.29) is 17.9 Å². The van der Waals surface area contributed by atoms with Gasteiger partial charge in [-0.1, -0.05) is 27.5 Å². The van der Waals surface area contributed by atoms with Gasteiger partial charge in [0.1, 0.15) is 0 Å². The van der Waals surface area contributed by atoms with Crippen molar-refractivity contribution in [1.82, 2.24) is 4.90 Å². The first kappa shape index (κ1) is 17.1. The van der Waals surface area contributed by atoms with Crippen molar-refractivity contribution in [3.8, 4) is 0 Å². The summed E-state index contributed by atoms with van der Waals surface area (Å²) in [5.74, 6) is -0.379. The van der Waals surface area contributed by atoms with Crippen molar-refractivity contribution < 1.29 is 14.3 Å². The van der Waals surface area contributed by atoms with Gasteiger partial charge >= 0.3 is 6.09 Å². The monoisotopic (exact) mass is 388 g/mol. The lowest BCUT2D eigenvalue weighted by Gasteiger charge is -2.31. The van der Waals surface area contributed by atoms with Crippen molar-refractivity contribution >= 4 is 45.2 Å². The predicted octanol–water partition coefficient (Wildman–Crippen LogP) is 3.91. The van der Waals surface area contributed by atoms with Crippen LogP contribution in [-0.4, -0.2) is 36.6 Å². The van der Waals surface area contributed by atoms with Crippen LogP contribution in [0, 0.1) is 5.92 Å². The Kier molecular flexibility index (Phi) is 6.08. The number of amides is 2. The van der Waals surface area contributed by atoms with Gasteiger partial charge in [0.05, 0.1) is 23.2 Å². The molecule has 0 radical (unpaired) electrons. The van der Waals surface area contributed by atoms with Gasteiger partial charge in [-0.2, -0.15) is 0 Å². The molecule has 1 aliphatic heterocycles. The molecule has 5 nitrogen and oxygen atoms in total. The van der Waals surface area contributed by atoms with E-state index >= 15 is 0 Å². The third-order valence-electron chi connectivity index (χ3n) is 3.51. The number of anilines is 1. The van der Waals surface area contributed by atoms with E-state index in [2.05, 4.69) is 21.2 Å². The summed E-state index contributed by atoms with van der Waals surface area (Å²) >= 11 is 9.43. The molecule has 1 aromatic rings. The Labute approximate surface area is 143 Å². The van der Waals surface area contributed by atoms with E-state index in [9.17, 15) is 9.59 Å². The second-order valence-corrected chi connectivity index (χ2v) is 6.42. The van der Waals surface area contributed by atoms with Crippen molar-refractivity contribution in [1.29, 1.82) is 0 Å². The van der Waals surface area contributed by atoms with Crippen molar-refractivity contribution in [2.45, 2.75) is 19.8 Å². The second-order valence-electron chi connectivity index (χ2n) is 5.10. The van der Waals surface area contributed by atoms with Crippen molar-refractivity contribution in [3.63, 3.8) is 0 Å². The highest BCUT2D eigenvalue weighted by molar-refractivity contribution is 9.10. The Balaban J connectivity index is 1.98. The maximum Gasteiger partial charge on any atom is 0.409 e. The Morgan fingerprint density at radius 2 is 2.27 bits per heavy atom. The number of hydrogen-bond donors (Lipinski definition) is 1. The summed E-state index contributed by atoms with van der Waals surface area (Å²) in [6.07, 6.45) is 1.17. The minimum atomic E-state index is -0.360. The van der Waals surface area contributed by atoms with Gasteiger partial charge < -0.3 is 15.0 Å². The zero-order valence-corrected chi connectivity index (χ0v) is 14.6. The Hall–Kier alpha value is -1.27. The van der Waals surface area contributed by atoms with Crippen molar-refractivity contribution in [2.75, 3.05) is 25.0 Å². The van der Waals surface area contributed by atoms with Gasteiger partial charge in [0.2, 0.25) is 5.91 Å². The number of hydrogen-bond acceptors (Lipinski definition) is 3. The van der Waals surface area contributed by atoms with Gasteiger partial charge in [-0.05, 0) is 38.0 Å². The van der Waals surface area contributed by atoms with Gasteiger partial charge in [0.25, 0.3) is 0 Å². The summed E-state index contributed by atoms with van der Waals surface area (Å²) < 4.78 is 5.84. The molecule has 1 atom stereocenters. The number of nitrogens with zero attached hydrogens (tertiary/aromatic N) is 1. The molecule has 1 N–H and O–H groups in total. The Bertz CT molecular complexity index is 568. The first-order chi connectivity index (χ1) is 10.5. The SMILES string of the molecule is CCOC(=O)N1CCC[C@H](C(=O)Nc2ccc(Br)cc2Cl)C1. The lowest BCUT2D eigenvalue weighted by atomic mass is 9.97. The second kappa shape index (κ2) is 7.83. The largest absolute Gasteiger partial charge is 0.450 e. The summed E-state index contributed by atoms with van der Waals surface area (Å²) in [4.78, 5) is 25.7. The number of piperidine rings is 1. The molecular formula is C15H18BrClN2O3. The van der Waals surface area contributed by atoms with E-state index in [0.717, 1.165) is 17.3 Å². The van der Waals surface area contributed by atoms with Gasteiger partial charge in [-0.25, -0.2) is 4.79 Å². The minimum absolute atomic E-state index is 0.127. The highest BCUT2D eigenvalue weighted by Crippen LogP contribution is 2.27. The number of carbonyl (C=O) groups excluding carboxylic acids is 2. The molecule has 1 heterocycles. The summed E-state index contributed by atoms with van der Waals surface area (Å²) in [7, 11) is 0. The average molecular weight is 390 g/mol. The minimum Gasteiger partial charge on any atom is -0.450 e. The van der Waals surface area contributed by atoms with E-state index in [0.29, 0.717) is 30.4 Å². The lowest BCUT2D eigenvalue weighted by molar-refractivity contribution is -0.121. The van der Waals surface area contributed by atoms with Gasteiger partial charge in [-0.15, -0.1) is 0 Å². The van der Waals surface area contributed by atoms with E-state index < -0.39 is 0 Å². The van der Waals surface area contributed by atoms with Gasteiger partial charge in [0, 0.05) is 17.6 Å². The Morgan fingerprint density at radius 3 is 2.95 bits per heavy atom. The van der Waals surface area contributed by atoms with E-state index in [4.69, 9.17) is 16.3 Å².